The summed E-state index contributed by atoms with van der Waals surface area (Å²) >= 11 is 0. The van der Waals surface area contributed by atoms with Gasteiger partial charge < -0.3 is 10.4 Å². The predicted molar refractivity (Wildman–Crippen MR) is 87.9 cm³/mol. The molecule has 0 aromatic carbocycles. The second-order valence-corrected chi connectivity index (χ2v) is 8.69. The van der Waals surface area contributed by atoms with Gasteiger partial charge in [0.2, 0.25) is 5.91 Å². The van der Waals surface area contributed by atoms with Crippen molar-refractivity contribution in [2.75, 3.05) is 0 Å². The Morgan fingerprint density at radius 2 is 2.00 bits per heavy atom. The number of amides is 1. The van der Waals surface area contributed by atoms with Crippen LogP contribution in [0.15, 0.2) is 24.5 Å². The summed E-state index contributed by atoms with van der Waals surface area (Å²) in [4.78, 5) is 16.3. The molecule has 5 rings (SSSR count). The first kappa shape index (κ1) is 17.8. The highest BCUT2D eigenvalue weighted by Gasteiger charge is 2.57. The van der Waals surface area contributed by atoms with Crippen LogP contribution in [0.1, 0.15) is 56.6 Å². The van der Waals surface area contributed by atoms with Crippen LogP contribution in [-0.2, 0) is 4.79 Å². The standard InChI is InChI=1S/C19H23F3N2O2/c20-19(21,22)16(14-2-1-3-23-10-14)24-15(25)9-17-5-12-4-13(6-17)8-18(26,7-12)11-17/h1-3,10,12-13,16,26H,4-9,11H2,(H,24,25). The van der Waals surface area contributed by atoms with Crippen LogP contribution < -0.4 is 5.32 Å². The number of hydrogen-bond acceptors (Lipinski definition) is 3. The lowest BCUT2D eigenvalue weighted by atomic mass is 9.47. The van der Waals surface area contributed by atoms with Gasteiger partial charge in [-0.1, -0.05) is 6.07 Å². The molecule has 0 saturated heterocycles. The Hall–Kier alpha value is -1.63. The fraction of sp³-hybridized carbons (Fsp3) is 0.684. The third kappa shape index (κ3) is 3.33. The maximum Gasteiger partial charge on any atom is 0.412 e. The molecule has 4 fully saturated rings. The van der Waals surface area contributed by atoms with E-state index < -0.39 is 23.7 Å². The molecule has 4 saturated carbocycles. The van der Waals surface area contributed by atoms with Crippen molar-refractivity contribution < 1.29 is 23.1 Å². The van der Waals surface area contributed by atoms with Crippen molar-refractivity contribution in [2.45, 2.75) is 62.8 Å². The van der Waals surface area contributed by atoms with Crippen LogP contribution in [0.4, 0.5) is 13.2 Å². The third-order valence-electron chi connectivity index (χ3n) is 6.34. The maximum atomic E-state index is 13.4. The van der Waals surface area contributed by atoms with Crippen LogP contribution >= 0.6 is 0 Å². The fourth-order valence-corrected chi connectivity index (χ4v) is 6.06. The first-order chi connectivity index (χ1) is 12.2. The van der Waals surface area contributed by atoms with Gasteiger partial charge in [-0.05, 0) is 61.8 Å². The van der Waals surface area contributed by atoms with Crippen molar-refractivity contribution in [1.82, 2.24) is 10.3 Å². The van der Waals surface area contributed by atoms with Gasteiger partial charge in [0.15, 0.2) is 6.04 Å². The van der Waals surface area contributed by atoms with Gasteiger partial charge in [0.05, 0.1) is 5.60 Å². The Morgan fingerprint density at radius 3 is 2.54 bits per heavy atom. The van der Waals surface area contributed by atoms with Crippen LogP contribution in [0.2, 0.25) is 0 Å². The topological polar surface area (TPSA) is 62.2 Å². The second kappa shape index (κ2) is 5.94. The van der Waals surface area contributed by atoms with Gasteiger partial charge in [0.1, 0.15) is 0 Å². The molecule has 4 bridgehead atoms. The van der Waals surface area contributed by atoms with E-state index in [9.17, 15) is 23.1 Å². The molecule has 3 unspecified atom stereocenters. The van der Waals surface area contributed by atoms with Crippen molar-refractivity contribution in [3.8, 4) is 0 Å². The lowest BCUT2D eigenvalue weighted by molar-refractivity contribution is -0.176. The van der Waals surface area contributed by atoms with E-state index in [4.69, 9.17) is 0 Å². The average molecular weight is 368 g/mol. The summed E-state index contributed by atoms with van der Waals surface area (Å²) in [6.45, 7) is 0. The third-order valence-corrected chi connectivity index (χ3v) is 6.34. The van der Waals surface area contributed by atoms with Gasteiger partial charge in [-0.2, -0.15) is 13.2 Å². The zero-order valence-electron chi connectivity index (χ0n) is 14.4. The predicted octanol–water partition coefficient (Wildman–Crippen LogP) is 3.52. The number of nitrogens with one attached hydrogen (secondary N) is 1. The van der Waals surface area contributed by atoms with Crippen molar-refractivity contribution in [3.63, 3.8) is 0 Å². The zero-order valence-corrected chi connectivity index (χ0v) is 14.4. The van der Waals surface area contributed by atoms with E-state index in [2.05, 4.69) is 10.3 Å². The summed E-state index contributed by atoms with van der Waals surface area (Å²) in [6, 6.07) is 0.689. The molecule has 1 amide bonds. The van der Waals surface area contributed by atoms with Gasteiger partial charge in [-0.25, -0.2) is 0 Å². The second-order valence-electron chi connectivity index (χ2n) is 8.69. The molecule has 4 aliphatic carbocycles. The number of alkyl halides is 3. The van der Waals surface area contributed by atoms with Gasteiger partial charge in [0.25, 0.3) is 0 Å². The summed E-state index contributed by atoms with van der Waals surface area (Å²) < 4.78 is 40.3. The summed E-state index contributed by atoms with van der Waals surface area (Å²) in [5.41, 5.74) is -1.15. The molecular weight excluding hydrogens is 345 g/mol. The van der Waals surface area contributed by atoms with Gasteiger partial charge >= 0.3 is 6.18 Å². The molecule has 1 aromatic heterocycles. The molecule has 4 nitrogen and oxygen atoms in total. The molecule has 0 spiro atoms. The van der Waals surface area contributed by atoms with Crippen molar-refractivity contribution in [2.24, 2.45) is 17.3 Å². The molecule has 0 radical (unpaired) electrons. The maximum absolute atomic E-state index is 13.4. The number of aliphatic hydroxyl groups is 1. The number of carbonyl (C=O) groups is 1. The highest BCUT2D eigenvalue weighted by molar-refractivity contribution is 5.77. The van der Waals surface area contributed by atoms with E-state index in [1.807, 2.05) is 0 Å². The average Bonchev–Trinajstić information content (AvgIpc) is 2.49. The number of pyridine rings is 1. The molecule has 2 N–H and O–H groups in total. The lowest BCUT2D eigenvalue weighted by Crippen LogP contribution is -2.56. The smallest absolute Gasteiger partial charge is 0.390 e. The molecule has 26 heavy (non-hydrogen) atoms. The van der Waals surface area contributed by atoms with E-state index in [-0.39, 0.29) is 17.4 Å². The zero-order chi connectivity index (χ0) is 18.6. The van der Waals surface area contributed by atoms with Crippen LogP contribution in [0.25, 0.3) is 0 Å². The number of carbonyl (C=O) groups excluding carboxylic acids is 1. The van der Waals surface area contributed by atoms with Crippen LogP contribution in [0.5, 0.6) is 0 Å². The quantitative estimate of drug-likeness (QED) is 0.855. The Bertz CT molecular complexity index is 678. The number of hydrogen-bond donors (Lipinski definition) is 2. The minimum Gasteiger partial charge on any atom is -0.390 e. The van der Waals surface area contributed by atoms with E-state index >= 15 is 0 Å². The number of aromatic nitrogens is 1. The van der Waals surface area contributed by atoms with Gasteiger partial charge in [0, 0.05) is 24.4 Å². The number of rotatable bonds is 4. The fourth-order valence-electron chi connectivity index (χ4n) is 6.06. The molecule has 7 heteroatoms. The molecule has 142 valence electrons. The van der Waals surface area contributed by atoms with E-state index in [1.165, 1.54) is 18.3 Å². The molecule has 0 aliphatic heterocycles. The van der Waals surface area contributed by atoms with Gasteiger partial charge in [-0.3, -0.25) is 9.78 Å². The molecule has 1 aromatic rings. The Morgan fingerprint density at radius 1 is 1.31 bits per heavy atom. The monoisotopic (exact) mass is 368 g/mol. The number of halogens is 3. The molecular formula is C19H23F3N2O2. The van der Waals surface area contributed by atoms with Gasteiger partial charge in [-0.15, -0.1) is 0 Å². The SMILES string of the molecule is O=C(CC12CC3CC(CC(O)(C3)C1)C2)NC(c1cccnc1)C(F)(F)F. The van der Waals surface area contributed by atoms with E-state index in [1.54, 1.807) is 0 Å². The Balaban J connectivity index is 1.49. The van der Waals surface area contributed by atoms with Crippen molar-refractivity contribution >= 4 is 5.91 Å². The normalized spacial score (nSPS) is 36.8. The summed E-state index contributed by atoms with van der Waals surface area (Å²) in [6.07, 6.45) is 2.82. The Labute approximate surface area is 150 Å². The van der Waals surface area contributed by atoms with Crippen LogP contribution in [-0.4, -0.2) is 27.8 Å². The summed E-state index contributed by atoms with van der Waals surface area (Å²) in [5.74, 6) is 0.193. The first-order valence-corrected chi connectivity index (χ1v) is 9.15. The van der Waals surface area contributed by atoms with Crippen LogP contribution in [0, 0.1) is 17.3 Å². The summed E-state index contributed by atoms with van der Waals surface area (Å²) in [7, 11) is 0. The molecule has 3 atom stereocenters. The van der Waals surface area contributed by atoms with E-state index in [0.717, 1.165) is 38.3 Å². The lowest BCUT2D eigenvalue weighted by Gasteiger charge is -2.60. The van der Waals surface area contributed by atoms with Crippen LogP contribution in [0.3, 0.4) is 0 Å². The van der Waals surface area contributed by atoms with Crippen molar-refractivity contribution in [3.05, 3.63) is 30.1 Å². The minimum atomic E-state index is -4.58. The minimum absolute atomic E-state index is 0.0507. The summed E-state index contributed by atoms with van der Waals surface area (Å²) in [5, 5.41) is 12.9. The molecule has 1 heterocycles. The first-order valence-electron chi connectivity index (χ1n) is 9.15. The largest absolute Gasteiger partial charge is 0.412 e. The highest BCUT2D eigenvalue weighted by atomic mass is 19.4. The highest BCUT2D eigenvalue weighted by Crippen LogP contribution is 2.62. The van der Waals surface area contributed by atoms with Crippen molar-refractivity contribution in [1.29, 1.82) is 0 Å². The number of nitrogens with zero attached hydrogens (tertiary/aromatic N) is 1. The Kier molecular flexibility index (Phi) is 4.06. The molecule has 4 aliphatic rings. The van der Waals surface area contributed by atoms with E-state index in [0.29, 0.717) is 18.3 Å².